The predicted octanol–water partition coefficient (Wildman–Crippen LogP) is 10.9. The molecule has 0 N–H and O–H groups in total. The van der Waals surface area contributed by atoms with Crippen LogP contribution in [0.5, 0.6) is 23.0 Å². The Labute approximate surface area is 312 Å². The average Bonchev–Trinajstić information content (AvgIpc) is 3.18. The minimum Gasteiger partial charge on any atom is -0.490 e. The van der Waals surface area contributed by atoms with Gasteiger partial charge >= 0.3 is 5.97 Å². The fraction of sp³-hybridized carbons (Fsp3) is 0.170. The molecule has 268 valence electrons. The second kappa shape index (κ2) is 17.3. The van der Waals surface area contributed by atoms with E-state index >= 15 is 0 Å². The zero-order chi connectivity index (χ0) is 37.2. The van der Waals surface area contributed by atoms with Gasteiger partial charge in [-0.2, -0.15) is 0 Å². The molecule has 6 heteroatoms. The zero-order valence-electron chi connectivity index (χ0n) is 30.6. The summed E-state index contributed by atoms with van der Waals surface area (Å²) >= 11 is 0. The van der Waals surface area contributed by atoms with Gasteiger partial charge in [0.2, 0.25) is 6.79 Å². The zero-order valence-corrected chi connectivity index (χ0v) is 30.6. The Morgan fingerprint density at radius 1 is 0.509 bits per heavy atom. The van der Waals surface area contributed by atoms with E-state index in [0.717, 1.165) is 79.0 Å². The van der Waals surface area contributed by atoms with Crippen LogP contribution >= 0.6 is 0 Å². The van der Waals surface area contributed by atoms with Gasteiger partial charge in [0, 0.05) is 6.08 Å². The number of aryl methyl sites for hydroxylation is 4. The number of hydrogen-bond acceptors (Lipinski definition) is 6. The van der Waals surface area contributed by atoms with Crippen LogP contribution in [-0.4, -0.2) is 32.1 Å². The predicted molar refractivity (Wildman–Crippen MR) is 212 cm³/mol. The molecule has 0 saturated carbocycles. The lowest BCUT2D eigenvalue weighted by Gasteiger charge is -2.21. The van der Waals surface area contributed by atoms with Crippen molar-refractivity contribution in [1.29, 1.82) is 0 Å². The van der Waals surface area contributed by atoms with E-state index in [4.69, 9.17) is 23.7 Å². The molecule has 0 bridgehead atoms. The fourth-order valence-electron chi connectivity index (χ4n) is 6.29. The number of esters is 1. The Morgan fingerprint density at radius 3 is 1.36 bits per heavy atom. The number of carbonyl (C=O) groups excluding carboxylic acids is 1. The molecule has 0 fully saturated rings. The summed E-state index contributed by atoms with van der Waals surface area (Å²) in [5, 5.41) is 0. The van der Waals surface area contributed by atoms with Gasteiger partial charge in [0.25, 0.3) is 0 Å². The van der Waals surface area contributed by atoms with Crippen LogP contribution in [0.1, 0.15) is 22.3 Å². The first kappa shape index (κ1) is 36.5. The largest absolute Gasteiger partial charge is 0.490 e. The van der Waals surface area contributed by atoms with Gasteiger partial charge in [-0.05, 0) is 132 Å². The van der Waals surface area contributed by atoms with Crippen molar-refractivity contribution in [3.8, 4) is 56.4 Å². The van der Waals surface area contributed by atoms with Crippen LogP contribution in [0.3, 0.4) is 0 Å². The van der Waals surface area contributed by atoms with Crippen molar-refractivity contribution < 1.29 is 28.5 Å². The topological polar surface area (TPSA) is 63.2 Å². The van der Waals surface area contributed by atoms with Gasteiger partial charge in [0.05, 0.1) is 0 Å². The lowest BCUT2D eigenvalue weighted by Crippen LogP contribution is -2.30. The first-order valence-electron chi connectivity index (χ1n) is 17.7. The van der Waals surface area contributed by atoms with Gasteiger partial charge in [-0.1, -0.05) is 91.5 Å². The van der Waals surface area contributed by atoms with Crippen LogP contribution in [0.4, 0.5) is 0 Å². The van der Waals surface area contributed by atoms with Gasteiger partial charge in [0.15, 0.2) is 6.10 Å². The molecule has 53 heavy (non-hydrogen) atoms. The maximum atomic E-state index is 12.2. The normalized spacial score (nSPS) is 11.3. The molecule has 6 rings (SSSR count). The SMILES string of the molecule is C=CC(=O)OC(COc1ccc(-c2ccccc2)cc1)COc1c(C)cc(-c2cc(C)c(OCOc3ccc(-c4ccccc4)cc3)c(C)c2)cc1C. The van der Waals surface area contributed by atoms with E-state index in [2.05, 4.69) is 55.1 Å². The van der Waals surface area contributed by atoms with Crippen LogP contribution in [0.2, 0.25) is 0 Å². The van der Waals surface area contributed by atoms with Crippen molar-refractivity contribution in [2.75, 3.05) is 20.0 Å². The Morgan fingerprint density at radius 2 is 0.906 bits per heavy atom. The third-order valence-electron chi connectivity index (χ3n) is 8.90. The second-order valence-corrected chi connectivity index (χ2v) is 13.0. The summed E-state index contributed by atoms with van der Waals surface area (Å²) in [6, 6.07) is 44.7. The summed E-state index contributed by atoms with van der Waals surface area (Å²) in [5.74, 6) is 2.42. The average molecular weight is 705 g/mol. The van der Waals surface area contributed by atoms with E-state index in [1.165, 1.54) is 0 Å². The van der Waals surface area contributed by atoms with E-state index in [0.29, 0.717) is 5.75 Å². The van der Waals surface area contributed by atoms with Crippen molar-refractivity contribution in [1.82, 2.24) is 0 Å². The van der Waals surface area contributed by atoms with Crippen LogP contribution in [0, 0.1) is 27.7 Å². The summed E-state index contributed by atoms with van der Waals surface area (Å²) in [5.41, 5.74) is 10.6. The summed E-state index contributed by atoms with van der Waals surface area (Å²) in [6.45, 7) is 12.0. The molecule has 0 heterocycles. The summed E-state index contributed by atoms with van der Waals surface area (Å²) < 4.78 is 29.9. The summed E-state index contributed by atoms with van der Waals surface area (Å²) in [4.78, 5) is 12.2. The number of ether oxygens (including phenoxy) is 5. The van der Waals surface area contributed by atoms with E-state index in [9.17, 15) is 4.79 Å². The lowest BCUT2D eigenvalue weighted by molar-refractivity contribution is -0.146. The Balaban J connectivity index is 1.07. The minimum atomic E-state index is -0.650. The van der Waals surface area contributed by atoms with Gasteiger partial charge in [-0.3, -0.25) is 0 Å². The minimum absolute atomic E-state index is 0.102. The third-order valence-corrected chi connectivity index (χ3v) is 8.90. The molecule has 6 nitrogen and oxygen atoms in total. The maximum absolute atomic E-state index is 12.2. The van der Waals surface area contributed by atoms with Crippen molar-refractivity contribution in [3.63, 3.8) is 0 Å². The molecule has 0 radical (unpaired) electrons. The molecule has 0 aromatic heterocycles. The highest BCUT2D eigenvalue weighted by atomic mass is 16.7. The number of benzene rings is 6. The van der Waals surface area contributed by atoms with E-state index < -0.39 is 12.1 Å². The monoisotopic (exact) mass is 704 g/mol. The van der Waals surface area contributed by atoms with Crippen LogP contribution in [-0.2, 0) is 9.53 Å². The summed E-state index contributed by atoms with van der Waals surface area (Å²) in [6.07, 6.45) is 0.494. The smallest absolute Gasteiger partial charge is 0.330 e. The van der Waals surface area contributed by atoms with E-state index in [1.807, 2.05) is 113 Å². The highest BCUT2D eigenvalue weighted by molar-refractivity contribution is 5.81. The molecule has 0 aliphatic rings. The van der Waals surface area contributed by atoms with Crippen molar-refractivity contribution in [2.24, 2.45) is 0 Å². The molecule has 0 spiro atoms. The van der Waals surface area contributed by atoms with E-state index in [1.54, 1.807) is 0 Å². The summed E-state index contributed by atoms with van der Waals surface area (Å²) in [7, 11) is 0. The molecule has 0 saturated heterocycles. The number of rotatable bonds is 15. The molecule has 0 amide bonds. The molecule has 6 aromatic carbocycles. The quantitative estimate of drug-likeness (QED) is 0.0602. The van der Waals surface area contributed by atoms with Crippen LogP contribution < -0.4 is 18.9 Å². The molecule has 1 unspecified atom stereocenters. The Bertz CT molecular complexity index is 2090. The highest BCUT2D eigenvalue weighted by Gasteiger charge is 2.18. The molecule has 0 aliphatic carbocycles. The Hall–Kier alpha value is -6.27. The lowest BCUT2D eigenvalue weighted by atomic mass is 9.96. The van der Waals surface area contributed by atoms with Crippen LogP contribution in [0.15, 0.2) is 146 Å². The standard InChI is InChI=1S/C47H44O6/c1-6-45(48)53-44(29-49-42-21-17-38(18-22-42)36-13-9-7-10-14-36)30-50-46-32(2)25-40(26-33(46)3)41-27-34(4)47(35(5)28-41)52-31-51-43-23-19-39(20-24-43)37-15-11-8-12-16-37/h6-28,44H,1,29-31H2,2-5H3. The fourth-order valence-corrected chi connectivity index (χ4v) is 6.29. The van der Waals surface area contributed by atoms with Gasteiger partial charge in [-0.25, -0.2) is 4.79 Å². The molecular weight excluding hydrogens is 661 g/mol. The second-order valence-electron chi connectivity index (χ2n) is 13.0. The molecule has 0 aliphatic heterocycles. The van der Waals surface area contributed by atoms with Crippen LogP contribution in [0.25, 0.3) is 33.4 Å². The van der Waals surface area contributed by atoms with Gasteiger partial charge in [-0.15, -0.1) is 0 Å². The maximum Gasteiger partial charge on any atom is 0.330 e. The Kier molecular flexibility index (Phi) is 11.9. The third kappa shape index (κ3) is 9.54. The van der Waals surface area contributed by atoms with Gasteiger partial charge < -0.3 is 23.7 Å². The van der Waals surface area contributed by atoms with E-state index in [-0.39, 0.29) is 20.0 Å². The first-order valence-corrected chi connectivity index (χ1v) is 17.7. The highest BCUT2D eigenvalue weighted by Crippen LogP contribution is 2.35. The number of hydrogen-bond donors (Lipinski definition) is 0. The van der Waals surface area contributed by atoms with Crippen molar-refractivity contribution >= 4 is 5.97 Å². The molecular formula is C47H44O6. The first-order chi connectivity index (χ1) is 25.8. The molecule has 1 atom stereocenters. The number of carbonyl (C=O) groups is 1. The molecule has 6 aromatic rings. The van der Waals surface area contributed by atoms with Gasteiger partial charge in [0.1, 0.15) is 36.2 Å². The van der Waals surface area contributed by atoms with Crippen molar-refractivity contribution in [2.45, 2.75) is 33.8 Å². The van der Waals surface area contributed by atoms with Crippen molar-refractivity contribution in [3.05, 3.63) is 168 Å².